The summed E-state index contributed by atoms with van der Waals surface area (Å²) in [5, 5.41) is 11.6. The number of rotatable bonds is 7. The molecule has 0 aliphatic carbocycles. The van der Waals surface area contributed by atoms with E-state index in [1.165, 1.54) is 0 Å². The standard InChI is InChI=1S/C9H19N3O3.ClH/c1-3-9(2,11)12-6(8(14)15)4-5-7(10)13;/h6,12H,3-5,11H2,1-2H3,(H2,10,13)(H,14,15);1H. The van der Waals surface area contributed by atoms with E-state index >= 15 is 0 Å². The van der Waals surface area contributed by atoms with Crippen LogP contribution < -0.4 is 16.8 Å². The molecule has 96 valence electrons. The number of amides is 1. The molecule has 0 aliphatic heterocycles. The van der Waals surface area contributed by atoms with Crippen LogP contribution in [0.25, 0.3) is 0 Å². The molecular weight excluding hydrogens is 234 g/mol. The minimum absolute atomic E-state index is 0. The molecule has 6 N–H and O–H groups in total. The summed E-state index contributed by atoms with van der Waals surface area (Å²) in [5.74, 6) is -1.54. The lowest BCUT2D eigenvalue weighted by Crippen LogP contribution is -2.57. The predicted octanol–water partition coefficient (Wildman–Crippen LogP) is -0.199. The Morgan fingerprint density at radius 2 is 2.00 bits per heavy atom. The molecular formula is C9H20ClN3O3. The van der Waals surface area contributed by atoms with Gasteiger partial charge in [-0.1, -0.05) is 6.92 Å². The second kappa shape index (κ2) is 7.43. The normalized spacial score (nSPS) is 15.7. The summed E-state index contributed by atoms with van der Waals surface area (Å²) in [4.78, 5) is 21.4. The molecule has 0 bridgehead atoms. The van der Waals surface area contributed by atoms with Crippen molar-refractivity contribution in [2.24, 2.45) is 11.5 Å². The zero-order valence-electron chi connectivity index (χ0n) is 9.53. The lowest BCUT2D eigenvalue weighted by atomic mass is 10.1. The van der Waals surface area contributed by atoms with Crippen molar-refractivity contribution < 1.29 is 14.7 Å². The third-order valence-corrected chi connectivity index (χ3v) is 2.22. The zero-order valence-corrected chi connectivity index (χ0v) is 10.3. The first-order valence-corrected chi connectivity index (χ1v) is 4.86. The number of nitrogens with one attached hydrogen (secondary N) is 1. The largest absolute Gasteiger partial charge is 0.480 e. The molecule has 0 saturated carbocycles. The molecule has 0 radical (unpaired) electrons. The second-order valence-electron chi connectivity index (χ2n) is 3.81. The van der Waals surface area contributed by atoms with Crippen molar-refractivity contribution in [3.63, 3.8) is 0 Å². The number of hydrogen-bond acceptors (Lipinski definition) is 4. The molecule has 1 amide bonds. The van der Waals surface area contributed by atoms with Gasteiger partial charge in [-0.25, -0.2) is 0 Å². The topological polar surface area (TPSA) is 118 Å². The first kappa shape index (κ1) is 17.5. The van der Waals surface area contributed by atoms with Crippen LogP contribution >= 0.6 is 12.4 Å². The highest BCUT2D eigenvalue weighted by Crippen LogP contribution is 2.05. The molecule has 0 heterocycles. The molecule has 0 rings (SSSR count). The van der Waals surface area contributed by atoms with Gasteiger partial charge in [0.25, 0.3) is 0 Å². The van der Waals surface area contributed by atoms with Crippen LogP contribution in [-0.4, -0.2) is 28.7 Å². The minimum Gasteiger partial charge on any atom is -0.480 e. The van der Waals surface area contributed by atoms with Crippen LogP contribution in [0, 0.1) is 0 Å². The second-order valence-corrected chi connectivity index (χ2v) is 3.81. The molecule has 6 nitrogen and oxygen atoms in total. The van der Waals surface area contributed by atoms with Gasteiger partial charge in [0.15, 0.2) is 0 Å². The average Bonchev–Trinajstić information content (AvgIpc) is 2.11. The number of aliphatic carboxylic acids is 1. The van der Waals surface area contributed by atoms with E-state index in [9.17, 15) is 9.59 Å². The highest BCUT2D eigenvalue weighted by Gasteiger charge is 2.25. The maximum absolute atomic E-state index is 10.8. The van der Waals surface area contributed by atoms with Crippen LogP contribution in [0.2, 0.25) is 0 Å². The van der Waals surface area contributed by atoms with Gasteiger partial charge in [0.1, 0.15) is 6.04 Å². The van der Waals surface area contributed by atoms with Crippen LogP contribution in [0.4, 0.5) is 0 Å². The Balaban J connectivity index is 0. The highest BCUT2D eigenvalue weighted by molar-refractivity contribution is 5.85. The SMILES string of the molecule is CCC(C)(N)NC(CCC(N)=O)C(=O)O.Cl. The van der Waals surface area contributed by atoms with Crippen LogP contribution in [0.1, 0.15) is 33.1 Å². The van der Waals surface area contributed by atoms with Crippen molar-refractivity contribution in [3.05, 3.63) is 0 Å². The number of hydrogen-bond donors (Lipinski definition) is 4. The average molecular weight is 254 g/mol. The number of nitrogens with two attached hydrogens (primary N) is 2. The summed E-state index contributed by atoms with van der Waals surface area (Å²) >= 11 is 0. The molecule has 16 heavy (non-hydrogen) atoms. The Kier molecular flexibility index (Phi) is 8.14. The number of carbonyl (C=O) groups excluding carboxylic acids is 1. The molecule has 0 spiro atoms. The van der Waals surface area contributed by atoms with Gasteiger partial charge in [-0.3, -0.25) is 14.9 Å². The third-order valence-electron chi connectivity index (χ3n) is 2.22. The van der Waals surface area contributed by atoms with Crippen LogP contribution in [0.5, 0.6) is 0 Å². The number of primary amides is 1. The Morgan fingerprint density at radius 1 is 1.50 bits per heavy atom. The van der Waals surface area contributed by atoms with Crippen molar-refractivity contribution in [2.45, 2.75) is 44.8 Å². The van der Waals surface area contributed by atoms with Gasteiger partial charge >= 0.3 is 5.97 Å². The van der Waals surface area contributed by atoms with E-state index in [2.05, 4.69) is 5.32 Å². The number of carboxylic acids is 1. The molecule has 0 aliphatic rings. The maximum Gasteiger partial charge on any atom is 0.320 e. The lowest BCUT2D eigenvalue weighted by Gasteiger charge is -2.28. The Morgan fingerprint density at radius 3 is 2.31 bits per heavy atom. The fraction of sp³-hybridized carbons (Fsp3) is 0.778. The quantitative estimate of drug-likeness (QED) is 0.469. The minimum atomic E-state index is -1.03. The summed E-state index contributed by atoms with van der Waals surface area (Å²) in [6.45, 7) is 3.55. The van der Waals surface area contributed by atoms with E-state index in [0.717, 1.165) is 0 Å². The van der Waals surface area contributed by atoms with E-state index in [4.69, 9.17) is 16.6 Å². The van der Waals surface area contributed by atoms with Crippen molar-refractivity contribution in [2.75, 3.05) is 0 Å². The van der Waals surface area contributed by atoms with E-state index in [1.54, 1.807) is 6.92 Å². The monoisotopic (exact) mass is 253 g/mol. The molecule has 2 atom stereocenters. The van der Waals surface area contributed by atoms with Gasteiger partial charge in [0.2, 0.25) is 5.91 Å². The van der Waals surface area contributed by atoms with E-state index in [0.29, 0.717) is 6.42 Å². The van der Waals surface area contributed by atoms with Crippen LogP contribution in [0.3, 0.4) is 0 Å². The van der Waals surface area contributed by atoms with Gasteiger partial charge in [0.05, 0.1) is 5.66 Å². The molecule has 0 saturated heterocycles. The first-order valence-electron chi connectivity index (χ1n) is 4.86. The summed E-state index contributed by atoms with van der Waals surface area (Å²) in [6, 6.07) is -0.840. The van der Waals surface area contributed by atoms with Crippen molar-refractivity contribution >= 4 is 24.3 Å². The molecule has 0 aromatic rings. The van der Waals surface area contributed by atoms with Gasteiger partial charge in [-0.05, 0) is 19.8 Å². The van der Waals surface area contributed by atoms with Crippen molar-refractivity contribution in [1.29, 1.82) is 0 Å². The van der Waals surface area contributed by atoms with Crippen molar-refractivity contribution in [1.82, 2.24) is 5.32 Å². The van der Waals surface area contributed by atoms with Crippen LogP contribution in [0.15, 0.2) is 0 Å². The molecule has 0 aromatic heterocycles. The molecule has 0 aromatic carbocycles. The van der Waals surface area contributed by atoms with Gasteiger partial charge in [-0.2, -0.15) is 0 Å². The van der Waals surface area contributed by atoms with Crippen LogP contribution in [-0.2, 0) is 9.59 Å². The Hall–Kier alpha value is -0.850. The summed E-state index contributed by atoms with van der Waals surface area (Å²) in [6.07, 6.45) is 0.772. The summed E-state index contributed by atoms with van der Waals surface area (Å²) in [5.41, 5.74) is 9.97. The van der Waals surface area contributed by atoms with Gasteiger partial charge < -0.3 is 16.6 Å². The zero-order chi connectivity index (χ0) is 12.1. The van der Waals surface area contributed by atoms with E-state index < -0.39 is 23.6 Å². The predicted molar refractivity (Wildman–Crippen MR) is 63.1 cm³/mol. The molecule has 2 unspecified atom stereocenters. The Labute approximate surface area is 101 Å². The highest BCUT2D eigenvalue weighted by atomic mass is 35.5. The van der Waals surface area contributed by atoms with E-state index in [1.807, 2.05) is 6.92 Å². The smallest absolute Gasteiger partial charge is 0.320 e. The van der Waals surface area contributed by atoms with E-state index in [-0.39, 0.29) is 25.2 Å². The summed E-state index contributed by atoms with van der Waals surface area (Å²) in [7, 11) is 0. The molecule has 0 fully saturated rings. The third kappa shape index (κ3) is 7.44. The first-order chi connectivity index (χ1) is 6.78. The van der Waals surface area contributed by atoms with Gasteiger partial charge in [-0.15, -0.1) is 12.4 Å². The van der Waals surface area contributed by atoms with Gasteiger partial charge in [0, 0.05) is 6.42 Å². The lowest BCUT2D eigenvalue weighted by molar-refractivity contribution is -0.140. The number of carboxylic acid groups (broad SMARTS) is 1. The fourth-order valence-electron chi connectivity index (χ4n) is 1.04. The Bertz CT molecular complexity index is 246. The fourth-order valence-corrected chi connectivity index (χ4v) is 1.04. The molecule has 7 heteroatoms. The summed E-state index contributed by atoms with van der Waals surface area (Å²) < 4.78 is 0. The maximum atomic E-state index is 10.8. The number of carbonyl (C=O) groups is 2. The number of halogens is 1. The van der Waals surface area contributed by atoms with Crippen molar-refractivity contribution in [3.8, 4) is 0 Å².